The van der Waals surface area contributed by atoms with Crippen LogP contribution in [0.2, 0.25) is 0 Å². The van der Waals surface area contributed by atoms with Crippen molar-refractivity contribution in [2.24, 2.45) is 0 Å². The maximum Gasteiger partial charge on any atom is 0.160 e. The van der Waals surface area contributed by atoms with Gasteiger partial charge in [-0.1, -0.05) is 164 Å². The van der Waals surface area contributed by atoms with Gasteiger partial charge in [0.1, 0.15) is 0 Å². The monoisotopic (exact) mass is 751 g/mol. The highest BCUT2D eigenvalue weighted by Crippen LogP contribution is 2.42. The molecule has 276 valence electrons. The molecule has 0 spiro atoms. The number of aromatic nitrogens is 3. The van der Waals surface area contributed by atoms with Gasteiger partial charge in [0.05, 0.1) is 11.4 Å². The third-order valence-electron chi connectivity index (χ3n) is 11.6. The van der Waals surface area contributed by atoms with Gasteiger partial charge in [-0.3, -0.25) is 4.98 Å². The van der Waals surface area contributed by atoms with Gasteiger partial charge in [0, 0.05) is 34.1 Å². The van der Waals surface area contributed by atoms with Gasteiger partial charge in [-0.05, 0) is 115 Å². The Labute approximate surface area is 343 Å². The quantitative estimate of drug-likeness (QED) is 0.152. The first-order valence-electron chi connectivity index (χ1n) is 20.1. The van der Waals surface area contributed by atoms with Crippen molar-refractivity contribution < 1.29 is 0 Å². The number of hydrogen-bond acceptors (Lipinski definition) is 3. The highest BCUT2D eigenvalue weighted by atomic mass is 14.9. The number of benzene rings is 9. The highest BCUT2D eigenvalue weighted by molar-refractivity contribution is 6.26. The summed E-state index contributed by atoms with van der Waals surface area (Å²) in [5, 5.41) is 7.58. The number of pyridine rings is 1. The van der Waals surface area contributed by atoms with E-state index >= 15 is 0 Å². The van der Waals surface area contributed by atoms with Crippen LogP contribution in [0.25, 0.3) is 111 Å². The summed E-state index contributed by atoms with van der Waals surface area (Å²) in [6, 6.07) is 71.7. The SMILES string of the molecule is Cc1ccc(-c2ccc(-c3ccc(-c4cc(-c5nc(-c6ccccc6)cc(-c6ccccc6)n5)cc(-c5cc6cccc7ccc8cccc5c8c76)c4)cc3)cc2)cn1. The Morgan fingerprint density at radius 1 is 0.322 bits per heavy atom. The molecule has 0 aliphatic carbocycles. The summed E-state index contributed by atoms with van der Waals surface area (Å²) in [5.74, 6) is 0.686. The Kier molecular flexibility index (Phi) is 8.37. The van der Waals surface area contributed by atoms with Gasteiger partial charge in [0.2, 0.25) is 0 Å². The molecular weight excluding hydrogens is 715 g/mol. The molecule has 11 rings (SSSR count). The molecule has 3 nitrogen and oxygen atoms in total. The second kappa shape index (κ2) is 14.3. The molecule has 0 atom stereocenters. The lowest BCUT2D eigenvalue weighted by atomic mass is 9.87. The second-order valence-electron chi connectivity index (χ2n) is 15.3. The van der Waals surface area contributed by atoms with E-state index in [0.29, 0.717) is 5.82 Å². The fourth-order valence-corrected chi connectivity index (χ4v) is 8.52. The minimum Gasteiger partial charge on any atom is -0.261 e. The van der Waals surface area contributed by atoms with E-state index in [0.717, 1.165) is 67.2 Å². The average molecular weight is 752 g/mol. The zero-order valence-corrected chi connectivity index (χ0v) is 32.5. The normalized spacial score (nSPS) is 11.5. The van der Waals surface area contributed by atoms with Crippen molar-refractivity contribution in [3.05, 3.63) is 212 Å². The van der Waals surface area contributed by atoms with E-state index in [1.165, 1.54) is 43.4 Å². The molecular formula is C56H37N3. The minimum atomic E-state index is 0.686. The molecule has 3 heteroatoms. The van der Waals surface area contributed by atoms with Crippen LogP contribution in [0.3, 0.4) is 0 Å². The zero-order chi connectivity index (χ0) is 39.3. The first-order chi connectivity index (χ1) is 29.1. The van der Waals surface area contributed by atoms with Gasteiger partial charge in [-0.15, -0.1) is 0 Å². The second-order valence-corrected chi connectivity index (χ2v) is 15.3. The molecule has 0 fully saturated rings. The Morgan fingerprint density at radius 2 is 0.831 bits per heavy atom. The standard InChI is InChI=1S/C56H37N3/c1-36-18-19-46(35-57-36)39-24-20-37(21-25-39)38-22-26-40(27-23-38)47-30-48(51-33-45-16-8-14-43-28-29-44-15-9-17-50(51)55(44)54(43)45)32-49(31-47)56-58-52(41-10-4-2-5-11-41)34-53(59-56)42-12-6-3-7-13-42/h2-35H,1H3. The number of aryl methyl sites for hydroxylation is 1. The molecule has 0 unspecified atom stereocenters. The van der Waals surface area contributed by atoms with Crippen LogP contribution in [0.1, 0.15) is 5.69 Å². The van der Waals surface area contributed by atoms with Gasteiger partial charge < -0.3 is 0 Å². The van der Waals surface area contributed by atoms with Gasteiger partial charge in [0.25, 0.3) is 0 Å². The Morgan fingerprint density at radius 3 is 1.44 bits per heavy atom. The summed E-state index contributed by atoms with van der Waals surface area (Å²) in [7, 11) is 0. The lowest BCUT2D eigenvalue weighted by Crippen LogP contribution is -1.97. The smallest absolute Gasteiger partial charge is 0.160 e. The third kappa shape index (κ3) is 6.40. The van der Waals surface area contributed by atoms with Gasteiger partial charge >= 0.3 is 0 Å². The maximum absolute atomic E-state index is 5.28. The molecule has 0 bridgehead atoms. The maximum atomic E-state index is 5.28. The van der Waals surface area contributed by atoms with Crippen LogP contribution in [0, 0.1) is 6.92 Å². The van der Waals surface area contributed by atoms with E-state index in [1.54, 1.807) is 0 Å². The first-order valence-corrected chi connectivity index (χ1v) is 20.1. The molecule has 0 amide bonds. The molecule has 2 heterocycles. The van der Waals surface area contributed by atoms with Crippen molar-refractivity contribution in [1.29, 1.82) is 0 Å². The molecule has 59 heavy (non-hydrogen) atoms. The molecule has 0 saturated carbocycles. The van der Waals surface area contributed by atoms with Crippen LogP contribution >= 0.6 is 0 Å². The molecule has 0 aliphatic rings. The Bertz CT molecular complexity index is 3220. The van der Waals surface area contributed by atoms with Crippen molar-refractivity contribution in [2.45, 2.75) is 6.92 Å². The van der Waals surface area contributed by atoms with E-state index in [2.05, 4.69) is 193 Å². The van der Waals surface area contributed by atoms with Gasteiger partial charge in [0.15, 0.2) is 5.82 Å². The van der Waals surface area contributed by atoms with E-state index in [4.69, 9.17) is 9.97 Å². The summed E-state index contributed by atoms with van der Waals surface area (Å²) in [6.45, 7) is 2.01. The topological polar surface area (TPSA) is 38.7 Å². The minimum absolute atomic E-state index is 0.686. The third-order valence-corrected chi connectivity index (χ3v) is 11.6. The van der Waals surface area contributed by atoms with Crippen LogP contribution in [0.4, 0.5) is 0 Å². The van der Waals surface area contributed by atoms with Crippen molar-refractivity contribution in [3.8, 4) is 78.4 Å². The Balaban J connectivity index is 1.08. The fraction of sp³-hybridized carbons (Fsp3) is 0.0179. The number of nitrogens with zero attached hydrogens (tertiary/aromatic N) is 3. The van der Waals surface area contributed by atoms with Crippen LogP contribution in [0.15, 0.2) is 206 Å². The molecule has 9 aromatic carbocycles. The number of hydrogen-bond donors (Lipinski definition) is 0. The largest absolute Gasteiger partial charge is 0.261 e. The lowest BCUT2D eigenvalue weighted by Gasteiger charge is -2.17. The summed E-state index contributed by atoms with van der Waals surface area (Å²) in [4.78, 5) is 15.0. The predicted octanol–water partition coefficient (Wildman–Crippen LogP) is 14.7. The molecule has 2 aromatic heterocycles. The first kappa shape index (κ1) is 34.5. The van der Waals surface area contributed by atoms with Crippen LogP contribution in [-0.2, 0) is 0 Å². The molecule has 0 aliphatic heterocycles. The van der Waals surface area contributed by atoms with Crippen LogP contribution in [-0.4, -0.2) is 15.0 Å². The van der Waals surface area contributed by atoms with E-state index in [-0.39, 0.29) is 0 Å². The zero-order valence-electron chi connectivity index (χ0n) is 32.5. The van der Waals surface area contributed by atoms with Crippen molar-refractivity contribution in [1.82, 2.24) is 15.0 Å². The van der Waals surface area contributed by atoms with Crippen LogP contribution in [0.5, 0.6) is 0 Å². The van der Waals surface area contributed by atoms with Crippen LogP contribution < -0.4 is 0 Å². The van der Waals surface area contributed by atoms with Crippen molar-refractivity contribution in [3.63, 3.8) is 0 Å². The van der Waals surface area contributed by atoms with Gasteiger partial charge in [-0.2, -0.15) is 0 Å². The predicted molar refractivity (Wildman–Crippen MR) is 246 cm³/mol. The lowest BCUT2D eigenvalue weighted by molar-refractivity contribution is 1.18. The van der Waals surface area contributed by atoms with E-state index in [1.807, 2.05) is 25.3 Å². The van der Waals surface area contributed by atoms with E-state index < -0.39 is 0 Å². The molecule has 0 saturated heterocycles. The molecule has 0 radical (unpaired) electrons. The number of rotatable bonds is 7. The summed E-state index contributed by atoms with van der Waals surface area (Å²) in [5.41, 5.74) is 15.0. The fourth-order valence-electron chi connectivity index (χ4n) is 8.52. The average Bonchev–Trinajstić information content (AvgIpc) is 3.31. The molecule has 0 N–H and O–H groups in total. The van der Waals surface area contributed by atoms with E-state index in [9.17, 15) is 0 Å². The van der Waals surface area contributed by atoms with Gasteiger partial charge in [-0.25, -0.2) is 9.97 Å². The Hall–Kier alpha value is -7.75. The highest BCUT2D eigenvalue weighted by Gasteiger charge is 2.17. The summed E-state index contributed by atoms with van der Waals surface area (Å²) >= 11 is 0. The summed E-state index contributed by atoms with van der Waals surface area (Å²) < 4.78 is 0. The van der Waals surface area contributed by atoms with Crippen molar-refractivity contribution >= 4 is 32.3 Å². The van der Waals surface area contributed by atoms with Crippen molar-refractivity contribution in [2.75, 3.05) is 0 Å². The molecule has 11 aromatic rings. The summed E-state index contributed by atoms with van der Waals surface area (Å²) in [6.07, 6.45) is 1.94.